The van der Waals surface area contributed by atoms with Gasteiger partial charge in [0.25, 0.3) is 5.56 Å². The summed E-state index contributed by atoms with van der Waals surface area (Å²) in [7, 11) is 0. The predicted molar refractivity (Wildman–Crippen MR) is 90.5 cm³/mol. The van der Waals surface area contributed by atoms with Crippen LogP contribution < -0.4 is 5.56 Å². The van der Waals surface area contributed by atoms with Gasteiger partial charge in [-0.25, -0.2) is 4.98 Å². The number of carbonyl (C=O) groups is 1. The monoisotopic (exact) mass is 306 g/mol. The highest BCUT2D eigenvalue weighted by Gasteiger charge is 2.16. The first-order valence-electron chi connectivity index (χ1n) is 7.66. The van der Waals surface area contributed by atoms with Gasteiger partial charge >= 0.3 is 0 Å². The van der Waals surface area contributed by atoms with Crippen LogP contribution in [0, 0.1) is 0 Å². The van der Waals surface area contributed by atoms with Crippen LogP contribution in [-0.2, 0) is 11.2 Å². The third-order valence-corrected chi connectivity index (χ3v) is 3.91. The Hall–Kier alpha value is -2.75. The molecule has 1 atom stereocenters. The molecule has 2 aromatic carbocycles. The molecule has 1 heterocycles. The number of hydrogen-bond acceptors (Lipinski definition) is 3. The van der Waals surface area contributed by atoms with Gasteiger partial charge in [0.2, 0.25) is 0 Å². The van der Waals surface area contributed by atoms with E-state index in [1.54, 1.807) is 13.0 Å². The molecule has 3 rings (SSSR count). The summed E-state index contributed by atoms with van der Waals surface area (Å²) in [5.41, 5.74) is 1.62. The van der Waals surface area contributed by atoms with Crippen LogP contribution in [0.3, 0.4) is 0 Å². The molecule has 116 valence electrons. The lowest BCUT2D eigenvalue weighted by molar-refractivity contribution is -0.117. The third-order valence-electron chi connectivity index (χ3n) is 3.91. The highest BCUT2D eigenvalue weighted by atomic mass is 16.1. The van der Waals surface area contributed by atoms with Gasteiger partial charge in [-0.1, -0.05) is 42.5 Å². The lowest BCUT2D eigenvalue weighted by atomic mass is 9.91. The van der Waals surface area contributed by atoms with Crippen molar-refractivity contribution in [1.82, 2.24) is 9.97 Å². The van der Waals surface area contributed by atoms with Crippen molar-refractivity contribution in [3.05, 3.63) is 76.3 Å². The predicted octanol–water partition coefficient (Wildman–Crippen LogP) is 3.23. The molecule has 23 heavy (non-hydrogen) atoms. The summed E-state index contributed by atoms with van der Waals surface area (Å²) in [6.45, 7) is 1.59. The number of rotatable bonds is 5. The van der Waals surface area contributed by atoms with Gasteiger partial charge in [-0.3, -0.25) is 4.79 Å². The fourth-order valence-corrected chi connectivity index (χ4v) is 2.85. The van der Waals surface area contributed by atoms with E-state index < -0.39 is 0 Å². The van der Waals surface area contributed by atoms with Crippen LogP contribution in [-0.4, -0.2) is 15.8 Å². The number of nitrogens with zero attached hydrogens (tertiary/aromatic N) is 1. The molecule has 1 unspecified atom stereocenters. The lowest BCUT2D eigenvalue weighted by Gasteiger charge is -2.15. The van der Waals surface area contributed by atoms with Crippen molar-refractivity contribution in [2.45, 2.75) is 25.7 Å². The van der Waals surface area contributed by atoms with Crippen LogP contribution in [0.4, 0.5) is 0 Å². The van der Waals surface area contributed by atoms with Crippen LogP contribution >= 0.6 is 0 Å². The quantitative estimate of drug-likeness (QED) is 0.787. The Morgan fingerprint density at radius 3 is 2.52 bits per heavy atom. The number of nitrogens with one attached hydrogen (secondary N) is 1. The minimum absolute atomic E-state index is 0.0120. The van der Waals surface area contributed by atoms with Crippen LogP contribution in [0.5, 0.6) is 0 Å². The second-order valence-electron chi connectivity index (χ2n) is 5.75. The molecule has 0 bridgehead atoms. The zero-order chi connectivity index (χ0) is 16.2. The number of para-hydroxylation sites is 1. The highest BCUT2D eigenvalue weighted by Crippen LogP contribution is 2.23. The van der Waals surface area contributed by atoms with Crippen molar-refractivity contribution >= 4 is 16.7 Å². The van der Waals surface area contributed by atoms with E-state index >= 15 is 0 Å². The Kier molecular flexibility index (Phi) is 4.33. The minimum atomic E-state index is -0.139. The van der Waals surface area contributed by atoms with E-state index in [-0.39, 0.29) is 17.3 Å². The normalized spacial score (nSPS) is 12.2. The summed E-state index contributed by atoms with van der Waals surface area (Å²) >= 11 is 0. The first kappa shape index (κ1) is 15.2. The number of H-pyrrole nitrogens is 1. The molecule has 0 saturated carbocycles. The van der Waals surface area contributed by atoms with Crippen LogP contribution in [0.1, 0.15) is 30.7 Å². The van der Waals surface area contributed by atoms with Gasteiger partial charge in [0.05, 0.1) is 10.9 Å². The van der Waals surface area contributed by atoms with Gasteiger partial charge in [0.1, 0.15) is 11.6 Å². The van der Waals surface area contributed by atoms with E-state index in [2.05, 4.69) is 9.97 Å². The summed E-state index contributed by atoms with van der Waals surface area (Å²) in [5, 5.41) is 0.582. The van der Waals surface area contributed by atoms with E-state index in [4.69, 9.17) is 0 Å². The number of ketones is 1. The molecule has 0 fully saturated rings. The Bertz CT molecular complexity index is 885. The Balaban J connectivity index is 1.97. The van der Waals surface area contributed by atoms with Gasteiger partial charge in [0, 0.05) is 12.8 Å². The summed E-state index contributed by atoms with van der Waals surface area (Å²) in [6.07, 6.45) is 0.963. The SMILES string of the molecule is CC(=O)CC(Cc1nc2ccccc2c(=O)[nH]1)c1ccccc1. The second kappa shape index (κ2) is 6.57. The first-order valence-corrected chi connectivity index (χ1v) is 7.66. The highest BCUT2D eigenvalue weighted by molar-refractivity contribution is 5.77. The first-order chi connectivity index (χ1) is 11.1. The van der Waals surface area contributed by atoms with E-state index in [1.807, 2.05) is 48.5 Å². The minimum Gasteiger partial charge on any atom is -0.310 e. The molecule has 0 aliphatic carbocycles. The Morgan fingerprint density at radius 2 is 1.78 bits per heavy atom. The van der Waals surface area contributed by atoms with Gasteiger partial charge in [-0.15, -0.1) is 0 Å². The lowest BCUT2D eigenvalue weighted by Crippen LogP contribution is -2.15. The summed E-state index contributed by atoms with van der Waals surface area (Å²) in [6, 6.07) is 17.2. The molecule has 4 nitrogen and oxygen atoms in total. The Morgan fingerprint density at radius 1 is 1.09 bits per heavy atom. The smallest absolute Gasteiger partial charge is 0.258 e. The van der Waals surface area contributed by atoms with E-state index in [0.717, 1.165) is 5.56 Å². The van der Waals surface area contributed by atoms with Gasteiger partial charge < -0.3 is 9.78 Å². The summed E-state index contributed by atoms with van der Waals surface area (Å²) < 4.78 is 0. The van der Waals surface area contributed by atoms with Gasteiger partial charge in [-0.2, -0.15) is 0 Å². The van der Waals surface area contributed by atoms with E-state index in [1.165, 1.54) is 0 Å². The van der Waals surface area contributed by atoms with Crippen molar-refractivity contribution in [3.63, 3.8) is 0 Å². The number of fused-ring (bicyclic) bond motifs is 1. The van der Waals surface area contributed by atoms with Crippen molar-refractivity contribution in [2.24, 2.45) is 0 Å². The van der Waals surface area contributed by atoms with Crippen molar-refractivity contribution in [3.8, 4) is 0 Å². The average Bonchev–Trinajstić information content (AvgIpc) is 2.55. The number of carbonyl (C=O) groups excluding carboxylic acids is 1. The van der Waals surface area contributed by atoms with Crippen molar-refractivity contribution < 1.29 is 4.79 Å². The number of aromatic amines is 1. The molecule has 1 aromatic heterocycles. The molecule has 3 aromatic rings. The average molecular weight is 306 g/mol. The van der Waals surface area contributed by atoms with Crippen LogP contribution in [0.25, 0.3) is 10.9 Å². The van der Waals surface area contributed by atoms with E-state index in [0.29, 0.717) is 29.6 Å². The second-order valence-corrected chi connectivity index (χ2v) is 5.75. The molecule has 0 aliphatic heterocycles. The number of benzene rings is 2. The Labute approximate surface area is 134 Å². The van der Waals surface area contributed by atoms with E-state index in [9.17, 15) is 9.59 Å². The fourth-order valence-electron chi connectivity index (χ4n) is 2.85. The maximum absolute atomic E-state index is 12.2. The van der Waals surface area contributed by atoms with Crippen LogP contribution in [0.15, 0.2) is 59.4 Å². The molecule has 0 spiro atoms. The number of hydrogen-bond donors (Lipinski definition) is 1. The topological polar surface area (TPSA) is 62.8 Å². The molecule has 1 N–H and O–H groups in total. The zero-order valence-corrected chi connectivity index (χ0v) is 13.0. The number of aromatic nitrogens is 2. The van der Waals surface area contributed by atoms with Crippen LogP contribution in [0.2, 0.25) is 0 Å². The molecule has 0 saturated heterocycles. The van der Waals surface area contributed by atoms with Gasteiger partial charge in [-0.05, 0) is 30.5 Å². The fraction of sp³-hybridized carbons (Fsp3) is 0.211. The number of Topliss-reactive ketones (excluding diaryl/α,β-unsaturated/α-hetero) is 1. The molecule has 0 aliphatic rings. The molecule has 0 radical (unpaired) electrons. The zero-order valence-electron chi connectivity index (χ0n) is 13.0. The molecular weight excluding hydrogens is 288 g/mol. The summed E-state index contributed by atoms with van der Waals surface area (Å²) in [4.78, 5) is 31.2. The molecule has 0 amide bonds. The molecular formula is C19H18N2O2. The summed E-state index contributed by atoms with van der Waals surface area (Å²) in [5.74, 6) is 0.754. The van der Waals surface area contributed by atoms with Gasteiger partial charge in [0.15, 0.2) is 0 Å². The molecule has 4 heteroatoms. The van der Waals surface area contributed by atoms with Crippen molar-refractivity contribution in [1.29, 1.82) is 0 Å². The standard InChI is InChI=1S/C19H18N2O2/c1-13(22)11-15(14-7-3-2-4-8-14)12-18-20-17-10-6-5-9-16(17)19(23)21-18/h2-10,15H,11-12H2,1H3,(H,20,21,23). The largest absolute Gasteiger partial charge is 0.310 e. The maximum atomic E-state index is 12.2. The van der Waals surface area contributed by atoms with Crippen molar-refractivity contribution in [2.75, 3.05) is 0 Å². The maximum Gasteiger partial charge on any atom is 0.258 e. The third kappa shape index (κ3) is 3.54.